The second kappa shape index (κ2) is 15.4. The van der Waals surface area contributed by atoms with E-state index in [4.69, 9.17) is 14.2 Å². The van der Waals surface area contributed by atoms with Gasteiger partial charge in [-0.15, -0.1) is 0 Å². The van der Waals surface area contributed by atoms with E-state index in [9.17, 15) is 24.0 Å². The topological polar surface area (TPSA) is 182 Å². The fourth-order valence-corrected chi connectivity index (χ4v) is 1.89. The van der Waals surface area contributed by atoms with Crippen LogP contribution in [0.2, 0.25) is 0 Å². The fraction of sp³-hybridized carbons (Fsp3) is 0.722. The summed E-state index contributed by atoms with van der Waals surface area (Å²) in [5.41, 5.74) is -0.631. The molecule has 0 fully saturated rings. The molecule has 0 aromatic carbocycles. The highest BCUT2D eigenvalue weighted by Gasteiger charge is 2.18. The second-order valence-electron chi connectivity index (χ2n) is 7.13. The first-order valence-corrected chi connectivity index (χ1v) is 9.87. The first-order valence-electron chi connectivity index (χ1n) is 9.87. The van der Waals surface area contributed by atoms with Crippen molar-refractivity contribution in [3.05, 3.63) is 0 Å². The number of methoxy groups -OCH3 is 1. The van der Waals surface area contributed by atoms with E-state index in [1.165, 1.54) is 0 Å². The van der Waals surface area contributed by atoms with E-state index in [-0.39, 0.29) is 32.8 Å². The maximum Gasteiger partial charge on any atom is 0.407 e. The van der Waals surface area contributed by atoms with Crippen LogP contribution in [0.3, 0.4) is 0 Å². The second-order valence-corrected chi connectivity index (χ2v) is 7.13. The van der Waals surface area contributed by atoms with Gasteiger partial charge in [-0.3, -0.25) is 4.79 Å². The van der Waals surface area contributed by atoms with Crippen molar-refractivity contribution in [1.29, 1.82) is 0 Å². The van der Waals surface area contributed by atoms with Crippen molar-refractivity contribution in [1.82, 2.24) is 26.6 Å². The van der Waals surface area contributed by atoms with Gasteiger partial charge in [0.25, 0.3) is 0 Å². The highest BCUT2D eigenvalue weighted by molar-refractivity contribution is 5.82. The van der Waals surface area contributed by atoms with Crippen LogP contribution in [0.5, 0.6) is 0 Å². The maximum absolute atomic E-state index is 11.9. The van der Waals surface area contributed by atoms with Crippen molar-refractivity contribution in [2.24, 2.45) is 0 Å². The zero-order valence-electron chi connectivity index (χ0n) is 19.0. The summed E-state index contributed by atoms with van der Waals surface area (Å²) in [6.45, 7) is 6.49. The summed E-state index contributed by atoms with van der Waals surface area (Å²) in [5.74, 6) is -0.526. The van der Waals surface area contributed by atoms with Crippen molar-refractivity contribution < 1.29 is 42.9 Å². The molecule has 0 aromatic heterocycles. The molecule has 0 bridgehead atoms. The van der Waals surface area contributed by atoms with E-state index in [1.54, 1.807) is 27.7 Å². The Kier molecular flexibility index (Phi) is 13.7. The molecule has 14 heteroatoms. The molecule has 0 radical (unpaired) electrons. The summed E-state index contributed by atoms with van der Waals surface area (Å²) in [4.78, 5) is 57.8. The van der Waals surface area contributed by atoms with Gasteiger partial charge in [-0.2, -0.15) is 0 Å². The van der Waals surface area contributed by atoms with E-state index in [2.05, 4.69) is 31.3 Å². The van der Waals surface area contributed by atoms with Crippen LogP contribution in [-0.2, 0) is 23.7 Å². The summed E-state index contributed by atoms with van der Waals surface area (Å²) < 4.78 is 19.3. The van der Waals surface area contributed by atoms with Crippen LogP contribution in [0, 0.1) is 0 Å². The Morgan fingerprint density at radius 3 is 1.94 bits per heavy atom. The molecule has 184 valence electrons. The molecule has 0 aliphatic heterocycles. The zero-order valence-corrected chi connectivity index (χ0v) is 19.0. The highest BCUT2D eigenvalue weighted by atomic mass is 16.6. The van der Waals surface area contributed by atoms with Crippen LogP contribution in [0.15, 0.2) is 0 Å². The van der Waals surface area contributed by atoms with Crippen LogP contribution in [0.4, 0.5) is 19.2 Å². The number of rotatable bonds is 11. The van der Waals surface area contributed by atoms with Crippen LogP contribution in [-0.4, -0.2) is 88.4 Å². The molecule has 0 rings (SSSR count). The molecule has 0 heterocycles. The average Bonchev–Trinajstić information content (AvgIpc) is 2.70. The zero-order chi connectivity index (χ0) is 24.6. The lowest BCUT2D eigenvalue weighted by Gasteiger charge is -2.19. The number of alkyl carbamates (subject to hydrolysis) is 4. The minimum absolute atomic E-state index is 0.115. The first kappa shape index (κ1) is 28.5. The lowest BCUT2D eigenvalue weighted by Crippen LogP contribution is -2.46. The molecule has 0 spiro atoms. The molecule has 0 aliphatic rings. The van der Waals surface area contributed by atoms with E-state index < -0.39 is 48.5 Å². The normalized spacial score (nSPS) is 11.3. The van der Waals surface area contributed by atoms with Crippen molar-refractivity contribution >= 4 is 30.3 Å². The standard InChI is InChI=1S/C18H33N5O9/c1-6-30-15(26)22-10-12(9-21-14(25)29-5)31-16(27)23-11-13(24)19-7-8-20-17(28)32-18(2,3)4/h12H,6-11H2,1-5H3,(H,19,24)(H,20,28)(H,21,25)(H,22,26)(H,23,27). The Bertz CT molecular complexity index is 637. The predicted molar refractivity (Wildman–Crippen MR) is 111 cm³/mol. The first-order chi connectivity index (χ1) is 15.0. The minimum atomic E-state index is -0.959. The van der Waals surface area contributed by atoms with Crippen molar-refractivity contribution in [3.8, 4) is 0 Å². The molecule has 1 atom stereocenters. The largest absolute Gasteiger partial charge is 0.453 e. The monoisotopic (exact) mass is 463 g/mol. The maximum atomic E-state index is 11.9. The lowest BCUT2D eigenvalue weighted by atomic mass is 10.2. The van der Waals surface area contributed by atoms with Crippen molar-refractivity contribution in [2.75, 3.05) is 46.4 Å². The van der Waals surface area contributed by atoms with Gasteiger partial charge in [-0.1, -0.05) is 0 Å². The van der Waals surface area contributed by atoms with Crippen LogP contribution >= 0.6 is 0 Å². The van der Waals surface area contributed by atoms with Gasteiger partial charge in [-0.05, 0) is 27.7 Å². The molecule has 1 unspecified atom stereocenters. The third-order valence-corrected chi connectivity index (χ3v) is 3.19. The smallest absolute Gasteiger partial charge is 0.407 e. The molecule has 0 saturated carbocycles. The van der Waals surface area contributed by atoms with Gasteiger partial charge in [0.05, 0.1) is 33.4 Å². The fourth-order valence-electron chi connectivity index (χ4n) is 1.89. The molecule has 0 saturated heterocycles. The van der Waals surface area contributed by atoms with Crippen LogP contribution < -0.4 is 26.6 Å². The lowest BCUT2D eigenvalue weighted by molar-refractivity contribution is -0.120. The summed E-state index contributed by atoms with van der Waals surface area (Å²) >= 11 is 0. The van der Waals surface area contributed by atoms with Crippen LogP contribution in [0.1, 0.15) is 27.7 Å². The van der Waals surface area contributed by atoms with Gasteiger partial charge in [0.2, 0.25) is 5.91 Å². The van der Waals surface area contributed by atoms with Gasteiger partial charge < -0.3 is 45.5 Å². The molecular formula is C18H33N5O9. The van der Waals surface area contributed by atoms with E-state index >= 15 is 0 Å². The van der Waals surface area contributed by atoms with Crippen molar-refractivity contribution in [2.45, 2.75) is 39.4 Å². The molecule has 32 heavy (non-hydrogen) atoms. The van der Waals surface area contributed by atoms with Crippen molar-refractivity contribution in [3.63, 3.8) is 0 Å². The predicted octanol–water partition coefficient (Wildman–Crippen LogP) is -0.176. The Balaban J connectivity index is 4.29. The Hall–Kier alpha value is -3.45. The van der Waals surface area contributed by atoms with Gasteiger partial charge in [0.1, 0.15) is 11.7 Å². The van der Waals surface area contributed by atoms with Gasteiger partial charge in [0, 0.05) is 13.1 Å². The molecule has 0 aliphatic carbocycles. The molecular weight excluding hydrogens is 430 g/mol. The Morgan fingerprint density at radius 2 is 1.38 bits per heavy atom. The molecule has 5 amide bonds. The Labute approximate surface area is 186 Å². The summed E-state index contributed by atoms with van der Waals surface area (Å²) in [5, 5.41) is 11.9. The Morgan fingerprint density at radius 1 is 0.781 bits per heavy atom. The minimum Gasteiger partial charge on any atom is -0.453 e. The summed E-state index contributed by atoms with van der Waals surface area (Å²) in [6.07, 6.45) is -4.00. The summed E-state index contributed by atoms with van der Waals surface area (Å²) in [7, 11) is 1.16. The van der Waals surface area contributed by atoms with E-state index in [0.29, 0.717) is 0 Å². The highest BCUT2D eigenvalue weighted by Crippen LogP contribution is 2.05. The molecule has 14 nitrogen and oxygen atoms in total. The number of carbonyl (C=O) groups is 5. The summed E-state index contributed by atoms with van der Waals surface area (Å²) in [6, 6.07) is 0. The molecule has 5 N–H and O–H groups in total. The average molecular weight is 463 g/mol. The van der Waals surface area contributed by atoms with E-state index in [0.717, 1.165) is 7.11 Å². The SMILES string of the molecule is CCOC(=O)NCC(CNC(=O)OC)OC(=O)NCC(=O)NCCNC(=O)OC(C)(C)C. The number of nitrogens with one attached hydrogen (secondary N) is 5. The number of ether oxygens (including phenoxy) is 4. The number of hydrogen-bond acceptors (Lipinski definition) is 9. The van der Waals surface area contributed by atoms with Crippen LogP contribution in [0.25, 0.3) is 0 Å². The quantitative estimate of drug-likeness (QED) is 0.205. The molecule has 0 aromatic rings. The number of carbonyl (C=O) groups excluding carboxylic acids is 5. The number of amides is 5. The number of hydrogen-bond donors (Lipinski definition) is 5. The third-order valence-electron chi connectivity index (χ3n) is 3.19. The van der Waals surface area contributed by atoms with Gasteiger partial charge in [0.15, 0.2) is 0 Å². The van der Waals surface area contributed by atoms with E-state index in [1.807, 2.05) is 0 Å². The third kappa shape index (κ3) is 16.4. The van der Waals surface area contributed by atoms with Gasteiger partial charge in [-0.25, -0.2) is 19.2 Å². The van der Waals surface area contributed by atoms with Gasteiger partial charge >= 0.3 is 24.4 Å².